The standard InChI is InChI=1S/C26H24ClN3O3/c1-18-6-2-3-7-20(18)14-15-28-24(31)17-30-23-9-5-4-8-22(23)29(25(32)26(30)33)16-19-10-12-21(27)13-11-19/h2-13H,14-17H2,1H3,(H,28,31). The van der Waals surface area contributed by atoms with Gasteiger partial charge in [0.05, 0.1) is 17.6 Å². The van der Waals surface area contributed by atoms with Crippen LogP contribution in [0.1, 0.15) is 16.7 Å². The van der Waals surface area contributed by atoms with Crippen LogP contribution in [0.2, 0.25) is 5.02 Å². The molecule has 3 aromatic carbocycles. The van der Waals surface area contributed by atoms with Crippen LogP contribution in [0.5, 0.6) is 0 Å². The Morgan fingerprint density at radius 2 is 1.45 bits per heavy atom. The Bertz CT molecular complexity index is 1420. The van der Waals surface area contributed by atoms with Gasteiger partial charge in [-0.3, -0.25) is 23.5 Å². The normalized spacial score (nSPS) is 11.0. The van der Waals surface area contributed by atoms with E-state index in [9.17, 15) is 14.4 Å². The molecule has 1 heterocycles. The van der Waals surface area contributed by atoms with Crippen LogP contribution in [0, 0.1) is 6.92 Å². The first-order valence-electron chi connectivity index (χ1n) is 10.7. The lowest BCUT2D eigenvalue weighted by atomic mass is 10.1. The number of hydrogen-bond acceptors (Lipinski definition) is 3. The summed E-state index contributed by atoms with van der Waals surface area (Å²) >= 11 is 5.95. The highest BCUT2D eigenvalue weighted by atomic mass is 35.5. The molecule has 0 fully saturated rings. The van der Waals surface area contributed by atoms with Crippen LogP contribution in [0.25, 0.3) is 11.0 Å². The molecule has 0 saturated carbocycles. The molecule has 1 amide bonds. The molecule has 0 bridgehead atoms. The molecule has 0 unspecified atom stereocenters. The molecule has 1 aromatic heterocycles. The Balaban J connectivity index is 1.58. The summed E-state index contributed by atoms with van der Waals surface area (Å²) < 4.78 is 2.69. The lowest BCUT2D eigenvalue weighted by Gasteiger charge is -2.15. The van der Waals surface area contributed by atoms with Crippen molar-refractivity contribution in [2.45, 2.75) is 26.4 Å². The van der Waals surface area contributed by atoms with Gasteiger partial charge in [0.15, 0.2) is 0 Å². The highest BCUT2D eigenvalue weighted by molar-refractivity contribution is 6.30. The van der Waals surface area contributed by atoms with E-state index >= 15 is 0 Å². The summed E-state index contributed by atoms with van der Waals surface area (Å²) in [6, 6.07) is 22.2. The SMILES string of the molecule is Cc1ccccc1CCNC(=O)Cn1c(=O)c(=O)n(Cc2ccc(Cl)cc2)c2ccccc21. The number of carbonyl (C=O) groups is 1. The summed E-state index contributed by atoms with van der Waals surface area (Å²) in [7, 11) is 0. The van der Waals surface area contributed by atoms with Crippen molar-refractivity contribution in [3.05, 3.63) is 115 Å². The van der Waals surface area contributed by atoms with E-state index in [-0.39, 0.29) is 19.0 Å². The molecule has 0 aliphatic rings. The predicted molar refractivity (Wildman–Crippen MR) is 131 cm³/mol. The third kappa shape index (κ3) is 5.07. The number of rotatable bonds is 7. The largest absolute Gasteiger partial charge is 0.354 e. The number of fused-ring (bicyclic) bond motifs is 1. The van der Waals surface area contributed by atoms with Crippen LogP contribution in [0.3, 0.4) is 0 Å². The lowest BCUT2D eigenvalue weighted by molar-refractivity contribution is -0.121. The molecule has 168 valence electrons. The maximum absolute atomic E-state index is 13.0. The van der Waals surface area contributed by atoms with E-state index in [4.69, 9.17) is 11.6 Å². The van der Waals surface area contributed by atoms with Gasteiger partial charge in [-0.25, -0.2) is 0 Å². The van der Waals surface area contributed by atoms with Crippen molar-refractivity contribution in [3.8, 4) is 0 Å². The zero-order valence-corrected chi connectivity index (χ0v) is 19.0. The second kappa shape index (κ2) is 9.88. The average Bonchev–Trinajstić information content (AvgIpc) is 2.82. The Morgan fingerprint density at radius 3 is 2.15 bits per heavy atom. The molecule has 0 aliphatic heterocycles. The molecule has 6 nitrogen and oxygen atoms in total. The fourth-order valence-electron chi connectivity index (χ4n) is 3.88. The number of hydrogen-bond donors (Lipinski definition) is 1. The molecule has 0 saturated heterocycles. The third-order valence-electron chi connectivity index (χ3n) is 5.67. The highest BCUT2D eigenvalue weighted by Crippen LogP contribution is 2.14. The number of aryl methyl sites for hydroxylation is 1. The quantitative estimate of drug-likeness (QED) is 0.428. The van der Waals surface area contributed by atoms with Crippen molar-refractivity contribution < 1.29 is 4.79 Å². The first-order chi connectivity index (χ1) is 15.9. The van der Waals surface area contributed by atoms with Crippen molar-refractivity contribution in [2.24, 2.45) is 0 Å². The van der Waals surface area contributed by atoms with Crippen LogP contribution in [-0.2, 0) is 24.3 Å². The third-order valence-corrected chi connectivity index (χ3v) is 5.92. The minimum absolute atomic E-state index is 0.218. The average molecular weight is 462 g/mol. The van der Waals surface area contributed by atoms with E-state index in [0.29, 0.717) is 29.0 Å². The molecule has 0 spiro atoms. The first-order valence-corrected chi connectivity index (χ1v) is 11.1. The Hall–Kier alpha value is -3.64. The van der Waals surface area contributed by atoms with Gasteiger partial charge in [0.1, 0.15) is 6.54 Å². The molecular formula is C26H24ClN3O3. The smallest absolute Gasteiger partial charge is 0.317 e. The number of nitrogens with one attached hydrogen (secondary N) is 1. The summed E-state index contributed by atoms with van der Waals surface area (Å²) in [5.41, 5.74) is 2.89. The van der Waals surface area contributed by atoms with Gasteiger partial charge in [-0.15, -0.1) is 0 Å². The van der Waals surface area contributed by atoms with Gasteiger partial charge < -0.3 is 5.32 Å². The Kier molecular flexibility index (Phi) is 6.75. The Labute approximate surface area is 196 Å². The topological polar surface area (TPSA) is 73.1 Å². The summed E-state index contributed by atoms with van der Waals surface area (Å²) in [5.74, 6) is -0.314. The number of halogens is 1. The van der Waals surface area contributed by atoms with Crippen LogP contribution in [0.15, 0.2) is 82.4 Å². The molecule has 7 heteroatoms. The fraction of sp³-hybridized carbons (Fsp3) is 0.192. The van der Waals surface area contributed by atoms with Gasteiger partial charge >= 0.3 is 11.1 Å². The van der Waals surface area contributed by atoms with Crippen molar-refractivity contribution in [2.75, 3.05) is 6.54 Å². The molecule has 33 heavy (non-hydrogen) atoms. The van der Waals surface area contributed by atoms with Crippen molar-refractivity contribution in [3.63, 3.8) is 0 Å². The molecule has 0 atom stereocenters. The zero-order chi connectivity index (χ0) is 23.4. The molecule has 0 aliphatic carbocycles. The zero-order valence-electron chi connectivity index (χ0n) is 18.3. The molecule has 1 N–H and O–H groups in total. The fourth-order valence-corrected chi connectivity index (χ4v) is 4.01. The predicted octanol–water partition coefficient (Wildman–Crippen LogP) is 3.53. The van der Waals surface area contributed by atoms with E-state index in [1.54, 1.807) is 36.4 Å². The highest BCUT2D eigenvalue weighted by Gasteiger charge is 2.15. The summed E-state index contributed by atoms with van der Waals surface area (Å²) in [6.45, 7) is 2.49. The van der Waals surface area contributed by atoms with Crippen LogP contribution >= 0.6 is 11.6 Å². The lowest BCUT2D eigenvalue weighted by Crippen LogP contribution is -2.44. The van der Waals surface area contributed by atoms with Gasteiger partial charge in [-0.1, -0.05) is 60.1 Å². The second-order valence-corrected chi connectivity index (χ2v) is 8.36. The number of carbonyl (C=O) groups excluding carboxylic acids is 1. The number of para-hydroxylation sites is 2. The maximum atomic E-state index is 13.0. The summed E-state index contributed by atoms with van der Waals surface area (Å²) in [6.07, 6.45) is 0.691. The van der Waals surface area contributed by atoms with Gasteiger partial charge in [-0.2, -0.15) is 0 Å². The second-order valence-electron chi connectivity index (χ2n) is 7.92. The van der Waals surface area contributed by atoms with Crippen LogP contribution in [-0.4, -0.2) is 21.6 Å². The van der Waals surface area contributed by atoms with Crippen LogP contribution in [0.4, 0.5) is 0 Å². The molecule has 4 aromatic rings. The molecule has 4 rings (SSSR count). The van der Waals surface area contributed by atoms with Crippen molar-refractivity contribution in [1.29, 1.82) is 0 Å². The van der Waals surface area contributed by atoms with Gasteiger partial charge in [0.25, 0.3) is 0 Å². The maximum Gasteiger partial charge on any atom is 0.317 e. The van der Waals surface area contributed by atoms with E-state index in [2.05, 4.69) is 5.32 Å². The van der Waals surface area contributed by atoms with Gasteiger partial charge in [0, 0.05) is 11.6 Å². The summed E-state index contributed by atoms with van der Waals surface area (Å²) in [4.78, 5) is 38.5. The summed E-state index contributed by atoms with van der Waals surface area (Å²) in [5, 5.41) is 3.46. The number of nitrogens with zero attached hydrogens (tertiary/aromatic N) is 2. The number of benzene rings is 3. The molecular weight excluding hydrogens is 438 g/mol. The van der Waals surface area contributed by atoms with Gasteiger partial charge in [0.2, 0.25) is 5.91 Å². The van der Waals surface area contributed by atoms with Crippen molar-refractivity contribution in [1.82, 2.24) is 14.5 Å². The van der Waals surface area contributed by atoms with Crippen LogP contribution < -0.4 is 16.4 Å². The number of amides is 1. The van der Waals surface area contributed by atoms with E-state index in [1.807, 2.05) is 43.3 Å². The number of aromatic nitrogens is 2. The van der Waals surface area contributed by atoms with Crippen molar-refractivity contribution >= 4 is 28.5 Å². The monoisotopic (exact) mass is 461 g/mol. The van der Waals surface area contributed by atoms with E-state index in [0.717, 1.165) is 11.1 Å². The minimum atomic E-state index is -0.725. The van der Waals surface area contributed by atoms with E-state index in [1.165, 1.54) is 14.7 Å². The van der Waals surface area contributed by atoms with Gasteiger partial charge in [-0.05, 0) is 54.3 Å². The van der Waals surface area contributed by atoms with E-state index < -0.39 is 11.1 Å². The minimum Gasteiger partial charge on any atom is -0.354 e. The first kappa shape index (κ1) is 22.6. The Morgan fingerprint density at radius 1 is 0.848 bits per heavy atom. The molecule has 0 radical (unpaired) electrons.